The lowest BCUT2D eigenvalue weighted by molar-refractivity contribution is -0.135. The van der Waals surface area contributed by atoms with Crippen LogP contribution in [0, 0.1) is 6.92 Å². The fourth-order valence-electron chi connectivity index (χ4n) is 3.16. The smallest absolute Gasteiger partial charge is 0.261 e. The van der Waals surface area contributed by atoms with Crippen LogP contribution in [-0.2, 0) is 11.3 Å². The minimum atomic E-state index is -0.138. The molecule has 116 valence electrons. The van der Waals surface area contributed by atoms with Crippen molar-refractivity contribution in [2.45, 2.75) is 45.7 Å². The van der Waals surface area contributed by atoms with Crippen molar-refractivity contribution in [1.82, 2.24) is 14.5 Å². The van der Waals surface area contributed by atoms with Crippen LogP contribution in [0.2, 0.25) is 0 Å². The number of rotatable bonds is 2. The van der Waals surface area contributed by atoms with Crippen molar-refractivity contribution >= 4 is 16.8 Å². The van der Waals surface area contributed by atoms with Gasteiger partial charge in [-0.25, -0.2) is 4.98 Å². The number of nitrogens with zero attached hydrogens (tertiary/aromatic N) is 3. The predicted octanol–water partition coefficient (Wildman–Crippen LogP) is 2.11. The zero-order valence-corrected chi connectivity index (χ0v) is 13.1. The summed E-state index contributed by atoms with van der Waals surface area (Å²) in [4.78, 5) is 31.5. The molecule has 0 bridgehead atoms. The van der Waals surface area contributed by atoms with Crippen LogP contribution in [0.3, 0.4) is 0 Å². The van der Waals surface area contributed by atoms with Crippen molar-refractivity contribution in [3.8, 4) is 0 Å². The van der Waals surface area contributed by atoms with Crippen molar-refractivity contribution in [3.05, 3.63) is 40.4 Å². The first-order valence-electron chi connectivity index (χ1n) is 7.83. The minimum Gasteiger partial charge on any atom is -0.338 e. The van der Waals surface area contributed by atoms with Gasteiger partial charge in [-0.2, -0.15) is 0 Å². The molecule has 0 saturated carbocycles. The maximum Gasteiger partial charge on any atom is 0.261 e. The first kappa shape index (κ1) is 14.8. The zero-order valence-electron chi connectivity index (χ0n) is 13.1. The van der Waals surface area contributed by atoms with Gasteiger partial charge in [0.15, 0.2) is 0 Å². The number of hydrogen-bond donors (Lipinski definition) is 0. The van der Waals surface area contributed by atoms with Gasteiger partial charge in [-0.15, -0.1) is 0 Å². The van der Waals surface area contributed by atoms with Crippen LogP contribution in [0.1, 0.15) is 32.0 Å². The Morgan fingerprint density at radius 1 is 1.32 bits per heavy atom. The molecule has 0 spiro atoms. The van der Waals surface area contributed by atoms with Gasteiger partial charge in [-0.05, 0) is 45.2 Å². The molecular weight excluding hydrogens is 278 g/mol. The molecule has 1 aromatic heterocycles. The molecule has 1 aliphatic rings. The fourth-order valence-corrected chi connectivity index (χ4v) is 3.16. The number of para-hydroxylation sites is 1. The van der Waals surface area contributed by atoms with Crippen LogP contribution in [0.5, 0.6) is 0 Å². The Labute approximate surface area is 129 Å². The molecule has 5 nitrogen and oxygen atoms in total. The maximum absolute atomic E-state index is 12.6. The van der Waals surface area contributed by atoms with Crippen LogP contribution in [0.4, 0.5) is 0 Å². The average Bonchev–Trinajstić information content (AvgIpc) is 2.51. The van der Waals surface area contributed by atoms with E-state index in [4.69, 9.17) is 0 Å². The summed E-state index contributed by atoms with van der Waals surface area (Å²) >= 11 is 0. The van der Waals surface area contributed by atoms with Crippen molar-refractivity contribution in [2.24, 2.45) is 0 Å². The highest BCUT2D eigenvalue weighted by atomic mass is 16.2. The Hall–Kier alpha value is -2.17. The number of piperidine rings is 1. The largest absolute Gasteiger partial charge is 0.338 e. The first-order valence-corrected chi connectivity index (χ1v) is 7.83. The topological polar surface area (TPSA) is 55.2 Å². The molecule has 22 heavy (non-hydrogen) atoms. The van der Waals surface area contributed by atoms with Crippen molar-refractivity contribution in [3.63, 3.8) is 0 Å². The molecule has 1 fully saturated rings. The van der Waals surface area contributed by atoms with Crippen LogP contribution < -0.4 is 5.56 Å². The zero-order chi connectivity index (χ0) is 15.7. The minimum absolute atomic E-state index is 0.00878. The van der Waals surface area contributed by atoms with Crippen molar-refractivity contribution < 1.29 is 4.79 Å². The molecule has 3 rings (SSSR count). The summed E-state index contributed by atoms with van der Waals surface area (Å²) in [6.07, 6.45) is 3.25. The van der Waals surface area contributed by atoms with Crippen LogP contribution in [0.25, 0.3) is 10.9 Å². The third-order valence-electron chi connectivity index (χ3n) is 4.47. The third kappa shape index (κ3) is 2.63. The molecule has 5 heteroatoms. The van der Waals surface area contributed by atoms with E-state index in [1.54, 1.807) is 13.0 Å². The van der Waals surface area contributed by atoms with E-state index in [2.05, 4.69) is 11.9 Å². The lowest BCUT2D eigenvalue weighted by Crippen LogP contribution is -2.45. The number of amides is 1. The van der Waals surface area contributed by atoms with Gasteiger partial charge in [0.2, 0.25) is 5.91 Å². The average molecular weight is 299 g/mol. The number of hydrogen-bond acceptors (Lipinski definition) is 3. The molecule has 1 aliphatic heterocycles. The summed E-state index contributed by atoms with van der Waals surface area (Å²) in [7, 11) is 0. The van der Waals surface area contributed by atoms with Crippen molar-refractivity contribution in [1.29, 1.82) is 0 Å². The second-order valence-corrected chi connectivity index (χ2v) is 6.00. The van der Waals surface area contributed by atoms with Gasteiger partial charge in [-0.1, -0.05) is 12.1 Å². The molecule has 0 radical (unpaired) electrons. The number of fused-ring (bicyclic) bond motifs is 1. The standard InChI is InChI=1S/C17H21N3O2/c1-12-7-5-6-10-19(12)16(21)11-20-13(2)18-15-9-4-3-8-14(15)17(20)22/h3-4,8-9,12H,5-7,10-11H2,1-2H3/t12-/m1/s1. The van der Waals surface area contributed by atoms with Gasteiger partial charge in [0.05, 0.1) is 10.9 Å². The van der Waals surface area contributed by atoms with E-state index in [9.17, 15) is 9.59 Å². The molecule has 0 N–H and O–H groups in total. The van der Waals surface area contributed by atoms with E-state index in [1.165, 1.54) is 11.0 Å². The normalized spacial score (nSPS) is 18.6. The van der Waals surface area contributed by atoms with Gasteiger partial charge in [0.1, 0.15) is 12.4 Å². The van der Waals surface area contributed by atoms with E-state index in [1.807, 2.05) is 23.1 Å². The molecule has 1 saturated heterocycles. The summed E-state index contributed by atoms with van der Waals surface area (Å²) in [5.41, 5.74) is 0.543. The van der Waals surface area contributed by atoms with E-state index in [0.29, 0.717) is 16.7 Å². The molecule has 1 amide bonds. The second kappa shape index (κ2) is 5.91. The van der Waals surface area contributed by atoms with Gasteiger partial charge < -0.3 is 4.90 Å². The Balaban J connectivity index is 1.93. The Bertz CT molecular complexity index is 766. The molecule has 2 aromatic rings. The summed E-state index contributed by atoms with van der Waals surface area (Å²) in [6.45, 7) is 4.72. The summed E-state index contributed by atoms with van der Waals surface area (Å²) in [5.74, 6) is 0.594. The van der Waals surface area contributed by atoms with E-state index < -0.39 is 0 Å². The summed E-state index contributed by atoms with van der Waals surface area (Å²) in [5, 5.41) is 0.563. The monoisotopic (exact) mass is 299 g/mol. The van der Waals surface area contributed by atoms with E-state index in [-0.39, 0.29) is 24.1 Å². The first-order chi connectivity index (χ1) is 10.6. The molecule has 2 heterocycles. The van der Waals surface area contributed by atoms with Crippen molar-refractivity contribution in [2.75, 3.05) is 6.54 Å². The molecule has 0 aliphatic carbocycles. The Kier molecular flexibility index (Phi) is 3.96. The van der Waals surface area contributed by atoms with E-state index >= 15 is 0 Å². The number of benzene rings is 1. The highest BCUT2D eigenvalue weighted by molar-refractivity contribution is 5.79. The van der Waals surface area contributed by atoms with Gasteiger partial charge in [-0.3, -0.25) is 14.2 Å². The Morgan fingerprint density at radius 2 is 2.09 bits per heavy atom. The number of carbonyl (C=O) groups is 1. The van der Waals surface area contributed by atoms with Crippen LogP contribution in [0.15, 0.2) is 29.1 Å². The fraction of sp³-hybridized carbons (Fsp3) is 0.471. The van der Waals surface area contributed by atoms with Gasteiger partial charge >= 0.3 is 0 Å². The lowest BCUT2D eigenvalue weighted by Gasteiger charge is -2.33. The number of aryl methyl sites for hydroxylation is 1. The number of carbonyl (C=O) groups excluding carboxylic acids is 1. The highest BCUT2D eigenvalue weighted by Crippen LogP contribution is 2.17. The maximum atomic E-state index is 12.6. The van der Waals surface area contributed by atoms with Crippen LogP contribution >= 0.6 is 0 Å². The molecule has 1 aromatic carbocycles. The quantitative estimate of drug-likeness (QED) is 0.853. The van der Waals surface area contributed by atoms with E-state index in [0.717, 1.165) is 19.4 Å². The van der Waals surface area contributed by atoms with Crippen LogP contribution in [-0.4, -0.2) is 32.9 Å². The van der Waals surface area contributed by atoms with Gasteiger partial charge in [0, 0.05) is 12.6 Å². The third-order valence-corrected chi connectivity index (χ3v) is 4.47. The summed E-state index contributed by atoms with van der Waals surface area (Å²) < 4.78 is 1.49. The molecule has 0 unspecified atom stereocenters. The number of aromatic nitrogens is 2. The lowest BCUT2D eigenvalue weighted by atomic mass is 10.0. The Morgan fingerprint density at radius 3 is 2.86 bits per heavy atom. The second-order valence-electron chi connectivity index (χ2n) is 6.00. The predicted molar refractivity (Wildman–Crippen MR) is 85.8 cm³/mol. The highest BCUT2D eigenvalue weighted by Gasteiger charge is 2.24. The number of likely N-dealkylation sites (tertiary alicyclic amines) is 1. The van der Waals surface area contributed by atoms with Gasteiger partial charge in [0.25, 0.3) is 5.56 Å². The SMILES string of the molecule is Cc1nc2ccccc2c(=O)n1CC(=O)N1CCCC[C@H]1C. The molecular formula is C17H21N3O2. The summed E-state index contributed by atoms with van der Waals surface area (Å²) in [6, 6.07) is 7.52. The molecule has 1 atom stereocenters.